The lowest BCUT2D eigenvalue weighted by molar-refractivity contribution is -0.123. The molecule has 0 bridgehead atoms. The summed E-state index contributed by atoms with van der Waals surface area (Å²) in [6.45, 7) is 3.78. The van der Waals surface area contributed by atoms with Gasteiger partial charge in [0.25, 0.3) is 0 Å². The fraction of sp³-hybridized carbons (Fsp3) is 0.226. The number of carbonyl (C=O) groups is 1. The fourth-order valence-corrected chi connectivity index (χ4v) is 5.04. The molecular weight excluding hydrogens is 476 g/mol. The second kappa shape index (κ2) is 13.1. The third-order valence-electron chi connectivity index (χ3n) is 6.16. The summed E-state index contributed by atoms with van der Waals surface area (Å²) in [4.78, 5) is 14.4. The minimum atomic E-state index is 0.00728. The second-order valence-electron chi connectivity index (χ2n) is 8.96. The van der Waals surface area contributed by atoms with Crippen LogP contribution < -0.4 is 5.32 Å². The predicted octanol–water partition coefficient (Wildman–Crippen LogP) is 6.26. The summed E-state index contributed by atoms with van der Waals surface area (Å²) >= 11 is 1.83. The predicted molar refractivity (Wildman–Crippen MR) is 157 cm³/mol. The molecule has 3 aromatic carbocycles. The van der Waals surface area contributed by atoms with E-state index in [2.05, 4.69) is 95.2 Å². The number of hydrogen-bond acceptors (Lipinski definition) is 4. The molecule has 5 nitrogen and oxygen atoms in total. The molecule has 0 aliphatic rings. The SMILES string of the molecule is CC/C(=C(/c1ccc(SCCNC/C=C/C(=O)N(C)C)cc1)c1ccc2[nH]ncc2c1)c1ccccc1. The highest BCUT2D eigenvalue weighted by atomic mass is 32.2. The number of fused-ring (bicyclic) bond motifs is 1. The summed E-state index contributed by atoms with van der Waals surface area (Å²) in [5.74, 6) is 0.965. The number of carbonyl (C=O) groups excluding carboxylic acids is 1. The number of thioether (sulfide) groups is 1. The quantitative estimate of drug-likeness (QED) is 0.108. The smallest absolute Gasteiger partial charge is 0.245 e. The zero-order chi connectivity index (χ0) is 26.0. The molecule has 0 saturated carbocycles. The average Bonchev–Trinajstić information content (AvgIpc) is 3.40. The van der Waals surface area contributed by atoms with E-state index < -0.39 is 0 Å². The Balaban J connectivity index is 1.50. The van der Waals surface area contributed by atoms with E-state index in [9.17, 15) is 4.79 Å². The molecule has 4 rings (SSSR count). The second-order valence-corrected chi connectivity index (χ2v) is 10.1. The first kappa shape index (κ1) is 26.5. The van der Waals surface area contributed by atoms with Crippen LogP contribution in [-0.2, 0) is 4.79 Å². The van der Waals surface area contributed by atoms with Gasteiger partial charge in [0.05, 0.1) is 11.7 Å². The highest BCUT2D eigenvalue weighted by Crippen LogP contribution is 2.36. The molecule has 37 heavy (non-hydrogen) atoms. The summed E-state index contributed by atoms with van der Waals surface area (Å²) < 4.78 is 0. The minimum Gasteiger partial charge on any atom is -0.345 e. The fourth-order valence-electron chi connectivity index (χ4n) is 4.23. The Morgan fingerprint density at radius 1 is 1.00 bits per heavy atom. The third-order valence-corrected chi connectivity index (χ3v) is 7.17. The lowest BCUT2D eigenvalue weighted by Gasteiger charge is -2.17. The number of amides is 1. The number of likely N-dealkylation sites (N-methyl/N-ethyl adjacent to an activating group) is 1. The minimum absolute atomic E-state index is 0.00728. The van der Waals surface area contributed by atoms with E-state index in [4.69, 9.17) is 0 Å². The summed E-state index contributed by atoms with van der Waals surface area (Å²) in [7, 11) is 3.51. The van der Waals surface area contributed by atoms with Crippen LogP contribution in [0.2, 0.25) is 0 Å². The van der Waals surface area contributed by atoms with Crippen LogP contribution in [0.25, 0.3) is 22.0 Å². The van der Waals surface area contributed by atoms with E-state index in [0.717, 1.165) is 29.6 Å². The summed E-state index contributed by atoms with van der Waals surface area (Å²) in [6, 6.07) is 26.1. The lowest BCUT2D eigenvalue weighted by Crippen LogP contribution is -2.20. The number of rotatable bonds is 11. The van der Waals surface area contributed by atoms with Crippen molar-refractivity contribution in [2.45, 2.75) is 18.2 Å². The lowest BCUT2D eigenvalue weighted by atomic mass is 9.88. The van der Waals surface area contributed by atoms with Crippen LogP contribution >= 0.6 is 11.8 Å². The van der Waals surface area contributed by atoms with Crippen LogP contribution in [0.4, 0.5) is 0 Å². The molecule has 190 valence electrons. The monoisotopic (exact) mass is 510 g/mol. The first-order chi connectivity index (χ1) is 18.1. The van der Waals surface area contributed by atoms with E-state index >= 15 is 0 Å². The van der Waals surface area contributed by atoms with Gasteiger partial charge in [-0.3, -0.25) is 9.89 Å². The van der Waals surface area contributed by atoms with E-state index in [0.29, 0.717) is 6.54 Å². The summed E-state index contributed by atoms with van der Waals surface area (Å²) in [5, 5.41) is 11.7. The van der Waals surface area contributed by atoms with Crippen molar-refractivity contribution in [1.29, 1.82) is 0 Å². The van der Waals surface area contributed by atoms with Crippen LogP contribution in [0.3, 0.4) is 0 Å². The van der Waals surface area contributed by atoms with Gasteiger partial charge in [-0.25, -0.2) is 0 Å². The zero-order valence-electron chi connectivity index (χ0n) is 21.7. The maximum Gasteiger partial charge on any atom is 0.245 e. The number of aromatic nitrogens is 2. The van der Waals surface area contributed by atoms with Gasteiger partial charge in [0, 0.05) is 49.3 Å². The van der Waals surface area contributed by atoms with E-state index in [1.54, 1.807) is 25.1 Å². The maximum atomic E-state index is 11.6. The van der Waals surface area contributed by atoms with E-state index in [1.807, 2.05) is 24.0 Å². The maximum absolute atomic E-state index is 11.6. The van der Waals surface area contributed by atoms with Crippen molar-refractivity contribution >= 4 is 39.7 Å². The van der Waals surface area contributed by atoms with Crippen LogP contribution in [0.5, 0.6) is 0 Å². The van der Waals surface area contributed by atoms with Crippen molar-refractivity contribution in [3.05, 3.63) is 108 Å². The highest BCUT2D eigenvalue weighted by Gasteiger charge is 2.14. The van der Waals surface area contributed by atoms with Crippen molar-refractivity contribution in [3.63, 3.8) is 0 Å². The molecule has 0 spiro atoms. The molecule has 0 saturated heterocycles. The standard InChI is InChI=1S/C31H34N4OS/c1-4-28(23-9-6-5-7-10-23)31(25-14-17-29-26(21-25)22-33-34-29)24-12-15-27(16-13-24)37-20-19-32-18-8-11-30(36)35(2)3/h5-17,21-22,32H,4,18-20H2,1-3H3,(H,33,34)/b11-8+,31-28+. The molecule has 4 aromatic rings. The topological polar surface area (TPSA) is 61.0 Å². The molecule has 0 fully saturated rings. The molecular formula is C31H34N4OS. The van der Waals surface area contributed by atoms with Gasteiger partial charge in [0.2, 0.25) is 5.91 Å². The number of hydrogen-bond donors (Lipinski definition) is 2. The van der Waals surface area contributed by atoms with Crippen LogP contribution in [0.15, 0.2) is 96.0 Å². The first-order valence-electron chi connectivity index (χ1n) is 12.6. The van der Waals surface area contributed by atoms with Crippen molar-refractivity contribution < 1.29 is 4.79 Å². The van der Waals surface area contributed by atoms with Gasteiger partial charge in [-0.1, -0.05) is 61.5 Å². The van der Waals surface area contributed by atoms with Gasteiger partial charge in [-0.15, -0.1) is 11.8 Å². The van der Waals surface area contributed by atoms with Crippen LogP contribution in [0, 0.1) is 0 Å². The molecule has 0 aliphatic heterocycles. The Bertz CT molecular complexity index is 1370. The zero-order valence-corrected chi connectivity index (χ0v) is 22.5. The Morgan fingerprint density at radius 2 is 1.76 bits per heavy atom. The van der Waals surface area contributed by atoms with Gasteiger partial charge in [-0.05, 0) is 58.5 Å². The normalized spacial score (nSPS) is 12.2. The van der Waals surface area contributed by atoms with Crippen molar-refractivity contribution in [3.8, 4) is 0 Å². The molecule has 6 heteroatoms. The molecule has 1 heterocycles. The molecule has 0 aliphatic carbocycles. The number of H-pyrrole nitrogens is 1. The number of aromatic amines is 1. The molecule has 2 N–H and O–H groups in total. The largest absolute Gasteiger partial charge is 0.345 e. The Hall–Kier alpha value is -3.61. The van der Waals surface area contributed by atoms with E-state index in [1.165, 1.54) is 32.7 Å². The van der Waals surface area contributed by atoms with Gasteiger partial charge >= 0.3 is 0 Å². The summed E-state index contributed by atoms with van der Waals surface area (Å²) in [6.07, 6.45) is 6.29. The van der Waals surface area contributed by atoms with Crippen molar-refractivity contribution in [2.24, 2.45) is 0 Å². The number of allylic oxidation sites excluding steroid dienone is 1. The van der Waals surface area contributed by atoms with Crippen molar-refractivity contribution in [1.82, 2.24) is 20.4 Å². The van der Waals surface area contributed by atoms with Gasteiger partial charge < -0.3 is 10.2 Å². The van der Waals surface area contributed by atoms with Gasteiger partial charge in [-0.2, -0.15) is 5.10 Å². The first-order valence-corrected chi connectivity index (χ1v) is 13.6. The third kappa shape index (κ3) is 7.00. The Labute approximate surface area is 223 Å². The molecule has 0 atom stereocenters. The average molecular weight is 511 g/mol. The molecule has 1 aromatic heterocycles. The molecule has 1 amide bonds. The molecule has 0 radical (unpaired) electrons. The molecule has 0 unspecified atom stereocenters. The van der Waals surface area contributed by atoms with Gasteiger partial charge in [0.15, 0.2) is 0 Å². The highest BCUT2D eigenvalue weighted by molar-refractivity contribution is 7.99. The van der Waals surface area contributed by atoms with E-state index in [-0.39, 0.29) is 5.91 Å². The van der Waals surface area contributed by atoms with Gasteiger partial charge in [0.1, 0.15) is 0 Å². The number of nitrogens with one attached hydrogen (secondary N) is 2. The van der Waals surface area contributed by atoms with Crippen LogP contribution in [-0.4, -0.2) is 53.9 Å². The number of benzene rings is 3. The Morgan fingerprint density at radius 3 is 2.49 bits per heavy atom. The van der Waals surface area contributed by atoms with Crippen molar-refractivity contribution in [2.75, 3.05) is 32.9 Å². The Kier molecular flexibility index (Phi) is 9.35. The number of nitrogens with zero attached hydrogens (tertiary/aromatic N) is 2. The van der Waals surface area contributed by atoms with Crippen LogP contribution in [0.1, 0.15) is 30.0 Å². The summed E-state index contributed by atoms with van der Waals surface area (Å²) in [5.41, 5.74) is 7.28.